The summed E-state index contributed by atoms with van der Waals surface area (Å²) >= 11 is 0. The van der Waals surface area contributed by atoms with Gasteiger partial charge in [-0.2, -0.15) is 15.3 Å². The van der Waals surface area contributed by atoms with Gasteiger partial charge in [0, 0.05) is 29.9 Å². The Morgan fingerprint density at radius 3 is 2.47 bits per heavy atom. The fourth-order valence-corrected chi connectivity index (χ4v) is 1.97. The molecule has 0 aliphatic heterocycles. The highest BCUT2D eigenvalue weighted by molar-refractivity contribution is 5.79. The SMILES string of the molecule is Cn1cc(-c2ccnnc2)c(-c2ccc(F)cc2)n1. The van der Waals surface area contributed by atoms with Crippen molar-refractivity contribution in [1.82, 2.24) is 20.0 Å². The first-order valence-electron chi connectivity index (χ1n) is 5.81. The zero-order chi connectivity index (χ0) is 13.2. The summed E-state index contributed by atoms with van der Waals surface area (Å²) in [5.74, 6) is -0.258. The van der Waals surface area contributed by atoms with E-state index in [1.807, 2.05) is 19.3 Å². The summed E-state index contributed by atoms with van der Waals surface area (Å²) in [4.78, 5) is 0. The number of hydrogen-bond acceptors (Lipinski definition) is 3. The first kappa shape index (κ1) is 11.5. The van der Waals surface area contributed by atoms with Crippen molar-refractivity contribution in [2.75, 3.05) is 0 Å². The second-order valence-electron chi connectivity index (χ2n) is 4.20. The molecule has 4 nitrogen and oxygen atoms in total. The smallest absolute Gasteiger partial charge is 0.123 e. The molecule has 0 unspecified atom stereocenters. The zero-order valence-corrected chi connectivity index (χ0v) is 10.3. The van der Waals surface area contributed by atoms with Gasteiger partial charge in [-0.3, -0.25) is 4.68 Å². The molecule has 0 saturated heterocycles. The van der Waals surface area contributed by atoms with Crippen LogP contribution in [0.25, 0.3) is 22.4 Å². The summed E-state index contributed by atoms with van der Waals surface area (Å²) < 4.78 is 14.7. The summed E-state index contributed by atoms with van der Waals surface area (Å²) in [6, 6.07) is 8.17. The predicted octanol–water partition coefficient (Wildman–Crippen LogP) is 2.68. The Hall–Kier alpha value is -2.56. The summed E-state index contributed by atoms with van der Waals surface area (Å²) in [6.07, 6.45) is 5.23. The molecule has 0 radical (unpaired) electrons. The zero-order valence-electron chi connectivity index (χ0n) is 10.3. The fraction of sp³-hybridized carbons (Fsp3) is 0.0714. The van der Waals surface area contributed by atoms with Gasteiger partial charge in [0.2, 0.25) is 0 Å². The number of aryl methyl sites for hydroxylation is 1. The van der Waals surface area contributed by atoms with Crippen molar-refractivity contribution in [3.8, 4) is 22.4 Å². The van der Waals surface area contributed by atoms with Crippen molar-refractivity contribution in [3.05, 3.63) is 54.7 Å². The van der Waals surface area contributed by atoms with Crippen LogP contribution in [0.3, 0.4) is 0 Å². The lowest BCUT2D eigenvalue weighted by atomic mass is 10.0. The number of aromatic nitrogens is 4. The van der Waals surface area contributed by atoms with Crippen LogP contribution in [0.2, 0.25) is 0 Å². The second kappa shape index (κ2) is 4.61. The number of hydrogen-bond donors (Lipinski definition) is 0. The number of nitrogens with zero attached hydrogens (tertiary/aromatic N) is 4. The molecule has 19 heavy (non-hydrogen) atoms. The lowest BCUT2D eigenvalue weighted by Gasteiger charge is -2.01. The topological polar surface area (TPSA) is 43.6 Å². The molecule has 2 aromatic heterocycles. The highest BCUT2D eigenvalue weighted by Gasteiger charge is 2.12. The van der Waals surface area contributed by atoms with E-state index < -0.39 is 0 Å². The Labute approximate surface area is 109 Å². The molecule has 0 aliphatic carbocycles. The highest BCUT2D eigenvalue weighted by Crippen LogP contribution is 2.30. The molecule has 3 aromatic rings. The van der Waals surface area contributed by atoms with Crippen LogP contribution in [0.5, 0.6) is 0 Å². The Morgan fingerprint density at radius 1 is 1.00 bits per heavy atom. The Kier molecular flexibility index (Phi) is 2.79. The molecule has 0 amide bonds. The maximum atomic E-state index is 13.0. The van der Waals surface area contributed by atoms with E-state index in [4.69, 9.17) is 0 Å². The van der Waals surface area contributed by atoms with Crippen molar-refractivity contribution in [3.63, 3.8) is 0 Å². The maximum absolute atomic E-state index is 13.0. The van der Waals surface area contributed by atoms with Crippen LogP contribution in [0, 0.1) is 5.82 Å². The molecule has 94 valence electrons. The van der Waals surface area contributed by atoms with Crippen molar-refractivity contribution in [2.24, 2.45) is 7.05 Å². The summed E-state index contributed by atoms with van der Waals surface area (Å²) in [6.45, 7) is 0. The average Bonchev–Trinajstić information content (AvgIpc) is 2.83. The van der Waals surface area contributed by atoms with Gasteiger partial charge in [-0.1, -0.05) is 0 Å². The average molecular weight is 254 g/mol. The normalized spacial score (nSPS) is 10.6. The van der Waals surface area contributed by atoms with E-state index in [9.17, 15) is 4.39 Å². The molecule has 3 rings (SSSR count). The molecule has 2 heterocycles. The Morgan fingerprint density at radius 2 is 1.79 bits per heavy atom. The Balaban J connectivity index is 2.15. The van der Waals surface area contributed by atoms with Gasteiger partial charge >= 0.3 is 0 Å². The largest absolute Gasteiger partial charge is 0.275 e. The molecule has 0 fully saturated rings. The van der Waals surface area contributed by atoms with Crippen LogP contribution in [-0.2, 0) is 7.05 Å². The van der Waals surface area contributed by atoms with Gasteiger partial charge in [-0.05, 0) is 30.3 Å². The third-order valence-corrected chi connectivity index (χ3v) is 2.84. The van der Waals surface area contributed by atoms with Crippen LogP contribution in [0.1, 0.15) is 0 Å². The molecule has 0 saturated carbocycles. The third-order valence-electron chi connectivity index (χ3n) is 2.84. The van der Waals surface area contributed by atoms with Gasteiger partial charge < -0.3 is 0 Å². The van der Waals surface area contributed by atoms with Crippen molar-refractivity contribution in [2.45, 2.75) is 0 Å². The standard InChI is InChI=1S/C14H11FN4/c1-19-9-13(11-6-7-16-17-8-11)14(18-19)10-2-4-12(15)5-3-10/h2-9H,1H3. The molecule has 5 heteroatoms. The van der Waals surface area contributed by atoms with E-state index in [0.717, 1.165) is 22.4 Å². The lowest BCUT2D eigenvalue weighted by Crippen LogP contribution is -1.88. The fourth-order valence-electron chi connectivity index (χ4n) is 1.97. The molecular formula is C14H11FN4. The van der Waals surface area contributed by atoms with Gasteiger partial charge in [-0.15, -0.1) is 0 Å². The van der Waals surface area contributed by atoms with E-state index in [2.05, 4.69) is 15.3 Å². The van der Waals surface area contributed by atoms with Crippen LogP contribution >= 0.6 is 0 Å². The minimum atomic E-state index is -0.258. The molecular weight excluding hydrogens is 243 g/mol. The van der Waals surface area contributed by atoms with E-state index in [1.54, 1.807) is 29.2 Å². The number of benzene rings is 1. The van der Waals surface area contributed by atoms with E-state index in [0.29, 0.717) is 0 Å². The molecule has 0 N–H and O–H groups in total. The summed E-state index contributed by atoms with van der Waals surface area (Å²) in [5.41, 5.74) is 3.55. The van der Waals surface area contributed by atoms with E-state index >= 15 is 0 Å². The van der Waals surface area contributed by atoms with E-state index in [1.165, 1.54) is 12.1 Å². The van der Waals surface area contributed by atoms with Crippen LogP contribution < -0.4 is 0 Å². The first-order chi connectivity index (χ1) is 9.24. The molecule has 0 atom stereocenters. The summed E-state index contributed by atoms with van der Waals surface area (Å²) in [7, 11) is 1.85. The van der Waals surface area contributed by atoms with Gasteiger partial charge in [0.1, 0.15) is 11.5 Å². The molecule has 1 aromatic carbocycles. The Bertz CT molecular complexity index is 689. The molecule has 0 aliphatic rings. The van der Waals surface area contributed by atoms with E-state index in [-0.39, 0.29) is 5.82 Å². The maximum Gasteiger partial charge on any atom is 0.123 e. The van der Waals surface area contributed by atoms with Crippen LogP contribution in [0.15, 0.2) is 48.9 Å². The van der Waals surface area contributed by atoms with Crippen molar-refractivity contribution < 1.29 is 4.39 Å². The number of rotatable bonds is 2. The van der Waals surface area contributed by atoms with Gasteiger partial charge in [0.15, 0.2) is 0 Å². The number of halogens is 1. The van der Waals surface area contributed by atoms with Crippen molar-refractivity contribution in [1.29, 1.82) is 0 Å². The highest BCUT2D eigenvalue weighted by atomic mass is 19.1. The minimum absolute atomic E-state index is 0.258. The monoisotopic (exact) mass is 254 g/mol. The molecule has 0 bridgehead atoms. The van der Waals surface area contributed by atoms with Crippen molar-refractivity contribution >= 4 is 0 Å². The van der Waals surface area contributed by atoms with Gasteiger partial charge in [0.05, 0.1) is 12.4 Å². The van der Waals surface area contributed by atoms with Gasteiger partial charge in [0.25, 0.3) is 0 Å². The van der Waals surface area contributed by atoms with Crippen LogP contribution in [-0.4, -0.2) is 20.0 Å². The lowest BCUT2D eigenvalue weighted by molar-refractivity contribution is 0.628. The molecule has 0 spiro atoms. The first-order valence-corrected chi connectivity index (χ1v) is 5.81. The van der Waals surface area contributed by atoms with Crippen LogP contribution in [0.4, 0.5) is 4.39 Å². The minimum Gasteiger partial charge on any atom is -0.275 e. The quantitative estimate of drug-likeness (QED) is 0.706. The third kappa shape index (κ3) is 2.22. The van der Waals surface area contributed by atoms with Gasteiger partial charge in [-0.25, -0.2) is 4.39 Å². The predicted molar refractivity (Wildman–Crippen MR) is 69.6 cm³/mol. The second-order valence-corrected chi connectivity index (χ2v) is 4.20. The summed E-state index contributed by atoms with van der Waals surface area (Å²) in [5, 5.41) is 12.1.